The van der Waals surface area contributed by atoms with Crippen LogP contribution in [0.15, 0.2) is 175 Å². The maximum absolute atomic E-state index is 11.9. The van der Waals surface area contributed by atoms with Crippen molar-refractivity contribution in [2.24, 2.45) is 4.99 Å². The molecule has 0 unspecified atom stereocenters. The molecule has 6 N–H and O–H groups in total. The third-order valence-corrected chi connectivity index (χ3v) is 6.14. The molecule has 0 atom stereocenters. The zero-order valence-corrected chi connectivity index (χ0v) is 25.0. The Morgan fingerprint density at radius 2 is 0.783 bits per heavy atom. The highest BCUT2D eigenvalue weighted by atomic mass is 16.2. The molecule has 0 radical (unpaired) electrons. The molecule has 0 aliphatic rings. The van der Waals surface area contributed by atoms with Gasteiger partial charge in [0.15, 0.2) is 0 Å². The minimum absolute atomic E-state index is 0.264. The number of isocyanates is 1. The highest BCUT2D eigenvalue weighted by molar-refractivity contribution is 5.99. The summed E-state index contributed by atoms with van der Waals surface area (Å²) in [6.07, 6.45) is 1.46. The van der Waals surface area contributed by atoms with Crippen LogP contribution in [0.3, 0.4) is 0 Å². The number of urea groups is 1. The fourth-order valence-corrected chi connectivity index (χ4v) is 3.95. The van der Waals surface area contributed by atoms with Crippen LogP contribution in [-0.4, -0.2) is 12.1 Å². The predicted octanol–water partition coefficient (Wildman–Crippen LogP) is 9.74. The van der Waals surface area contributed by atoms with Crippen LogP contribution < -0.4 is 27.0 Å². The SMILES string of the molecule is Nc1ccc(Nc2ccccc2)cc1.O=C(Nc1ccccc1)Nc1ccc(Nc2ccccc2)cc1.O=C=Nc1ccccc1. The molecule has 6 aromatic carbocycles. The fraction of sp³-hybridized carbons (Fsp3) is 0. The first kappa shape index (κ1) is 32.3. The predicted molar refractivity (Wildman–Crippen MR) is 190 cm³/mol. The highest BCUT2D eigenvalue weighted by Gasteiger charge is 2.02. The number of aliphatic imine (C=N–C) groups is 1. The Balaban J connectivity index is 0.000000176. The smallest absolute Gasteiger partial charge is 0.323 e. The molecule has 2 amide bonds. The molecule has 46 heavy (non-hydrogen) atoms. The van der Waals surface area contributed by atoms with Crippen LogP contribution in [0.4, 0.5) is 50.3 Å². The van der Waals surface area contributed by atoms with E-state index in [2.05, 4.69) is 26.3 Å². The average Bonchev–Trinajstić information content (AvgIpc) is 3.09. The van der Waals surface area contributed by atoms with Gasteiger partial charge >= 0.3 is 6.03 Å². The normalized spacial score (nSPS) is 9.48. The number of nitrogens with zero attached hydrogens (tertiary/aromatic N) is 1. The van der Waals surface area contributed by atoms with Crippen molar-refractivity contribution >= 4 is 57.6 Å². The first-order valence-corrected chi connectivity index (χ1v) is 14.4. The van der Waals surface area contributed by atoms with Gasteiger partial charge in [-0.2, -0.15) is 4.99 Å². The Morgan fingerprint density at radius 1 is 0.457 bits per heavy atom. The first-order valence-electron chi connectivity index (χ1n) is 14.4. The largest absolute Gasteiger partial charge is 0.399 e. The van der Waals surface area contributed by atoms with Crippen molar-refractivity contribution in [2.45, 2.75) is 0 Å². The molecule has 0 bridgehead atoms. The number of hydrogen-bond acceptors (Lipinski definition) is 6. The van der Waals surface area contributed by atoms with E-state index in [1.54, 1.807) is 12.1 Å². The van der Waals surface area contributed by atoms with Crippen LogP contribution >= 0.6 is 0 Å². The molecule has 0 heterocycles. The number of benzene rings is 6. The number of nitrogen functional groups attached to an aromatic ring is 1. The standard InChI is InChI=1S/C19H17N3O.C12H12N2.C7H5NO/c23-19(21-16-9-5-2-6-10-16)22-18-13-11-17(12-14-18)20-15-7-3-1-4-8-15;13-10-6-8-12(9-7-10)14-11-4-2-1-3-5-11;9-6-8-7-4-2-1-3-5-7/h1-14,20H,(H2,21,22,23);1-9,14H,13H2;1-5H. The van der Waals surface area contributed by atoms with Crippen LogP contribution in [0.1, 0.15) is 0 Å². The molecule has 0 fully saturated rings. The number of rotatable bonds is 7. The molecule has 8 heteroatoms. The summed E-state index contributed by atoms with van der Waals surface area (Å²) in [7, 11) is 0. The van der Waals surface area contributed by atoms with Gasteiger partial charge in [-0.25, -0.2) is 9.59 Å². The van der Waals surface area contributed by atoms with E-state index in [4.69, 9.17) is 5.73 Å². The number of carbonyl (C=O) groups excluding carboxylic acids is 2. The van der Waals surface area contributed by atoms with Crippen LogP contribution in [-0.2, 0) is 4.79 Å². The Hall–Kier alpha value is -6.63. The Labute approximate surface area is 268 Å². The first-order chi connectivity index (χ1) is 22.6. The number of carbonyl (C=O) groups is 1. The van der Waals surface area contributed by atoms with E-state index < -0.39 is 0 Å². The topological polar surface area (TPSA) is 121 Å². The lowest BCUT2D eigenvalue weighted by Crippen LogP contribution is -2.19. The molecule has 228 valence electrons. The highest BCUT2D eigenvalue weighted by Crippen LogP contribution is 2.19. The van der Waals surface area contributed by atoms with E-state index >= 15 is 0 Å². The molecule has 0 spiro atoms. The lowest BCUT2D eigenvalue weighted by molar-refractivity contribution is 0.262. The summed E-state index contributed by atoms with van der Waals surface area (Å²) < 4.78 is 0. The molecule has 6 aromatic rings. The Kier molecular flexibility index (Phi) is 12.7. The molecule has 0 aromatic heterocycles. The van der Waals surface area contributed by atoms with Gasteiger partial charge in [-0.1, -0.05) is 72.8 Å². The average molecular weight is 607 g/mol. The number of hydrogen-bond donors (Lipinski definition) is 5. The van der Waals surface area contributed by atoms with Gasteiger partial charge in [0.1, 0.15) is 0 Å². The van der Waals surface area contributed by atoms with Crippen molar-refractivity contribution in [1.29, 1.82) is 0 Å². The maximum Gasteiger partial charge on any atom is 0.323 e. The Bertz CT molecular complexity index is 1780. The van der Waals surface area contributed by atoms with E-state index in [-0.39, 0.29) is 6.03 Å². The van der Waals surface area contributed by atoms with Gasteiger partial charge in [0.05, 0.1) is 5.69 Å². The molecular formula is C38H34N6O2. The number of anilines is 7. The van der Waals surface area contributed by atoms with Gasteiger partial charge in [-0.15, -0.1) is 0 Å². The van der Waals surface area contributed by atoms with Crippen molar-refractivity contribution < 1.29 is 9.59 Å². The van der Waals surface area contributed by atoms with Crippen molar-refractivity contribution in [3.05, 3.63) is 170 Å². The maximum atomic E-state index is 11.9. The van der Waals surface area contributed by atoms with E-state index in [0.29, 0.717) is 5.69 Å². The van der Waals surface area contributed by atoms with Crippen molar-refractivity contribution in [2.75, 3.05) is 27.0 Å². The van der Waals surface area contributed by atoms with E-state index in [1.165, 1.54) is 6.08 Å². The summed E-state index contributed by atoms with van der Waals surface area (Å²) in [6.45, 7) is 0. The van der Waals surface area contributed by atoms with E-state index in [0.717, 1.165) is 39.8 Å². The summed E-state index contributed by atoms with van der Waals surface area (Å²) in [5.74, 6) is 0. The van der Waals surface area contributed by atoms with Gasteiger partial charge in [0.2, 0.25) is 6.08 Å². The van der Waals surface area contributed by atoms with Crippen LogP contribution in [0.25, 0.3) is 0 Å². The number of para-hydroxylation sites is 4. The molecule has 0 saturated carbocycles. The lowest BCUT2D eigenvalue weighted by atomic mass is 10.2. The number of nitrogens with two attached hydrogens (primary N) is 1. The van der Waals surface area contributed by atoms with Crippen LogP contribution in [0.2, 0.25) is 0 Å². The summed E-state index contributed by atoms with van der Waals surface area (Å²) in [5.41, 5.74) is 12.6. The quantitative estimate of drug-likeness (QED) is 0.0704. The third kappa shape index (κ3) is 11.9. The molecule has 8 nitrogen and oxygen atoms in total. The van der Waals surface area contributed by atoms with Gasteiger partial charge in [-0.3, -0.25) is 0 Å². The van der Waals surface area contributed by atoms with Crippen molar-refractivity contribution in [1.82, 2.24) is 0 Å². The zero-order chi connectivity index (χ0) is 32.2. The second-order valence-corrected chi connectivity index (χ2v) is 9.67. The summed E-state index contributed by atoms with van der Waals surface area (Å²) >= 11 is 0. The summed E-state index contributed by atoms with van der Waals surface area (Å²) in [6, 6.07) is 53.3. The van der Waals surface area contributed by atoms with Gasteiger partial charge in [0.25, 0.3) is 0 Å². The van der Waals surface area contributed by atoms with Gasteiger partial charge in [-0.05, 0) is 97.1 Å². The van der Waals surface area contributed by atoms with Gasteiger partial charge in [0, 0.05) is 39.8 Å². The second-order valence-electron chi connectivity index (χ2n) is 9.67. The van der Waals surface area contributed by atoms with Crippen molar-refractivity contribution in [3.63, 3.8) is 0 Å². The second kappa shape index (κ2) is 18.1. The van der Waals surface area contributed by atoms with Crippen molar-refractivity contribution in [3.8, 4) is 0 Å². The van der Waals surface area contributed by atoms with Crippen LogP contribution in [0.5, 0.6) is 0 Å². The minimum atomic E-state index is -0.264. The fourth-order valence-electron chi connectivity index (χ4n) is 3.95. The minimum Gasteiger partial charge on any atom is -0.399 e. The summed E-state index contributed by atoms with van der Waals surface area (Å²) in [4.78, 5) is 25.0. The number of amides is 2. The molecule has 0 saturated heterocycles. The summed E-state index contributed by atoms with van der Waals surface area (Å²) in [5, 5.41) is 12.2. The zero-order valence-electron chi connectivity index (χ0n) is 25.0. The molecule has 0 aliphatic heterocycles. The van der Waals surface area contributed by atoms with E-state index in [9.17, 15) is 9.59 Å². The number of nitrogens with one attached hydrogen (secondary N) is 4. The third-order valence-electron chi connectivity index (χ3n) is 6.14. The van der Waals surface area contributed by atoms with Crippen LogP contribution in [0, 0.1) is 0 Å². The lowest BCUT2D eigenvalue weighted by Gasteiger charge is -2.09. The Morgan fingerprint density at radius 3 is 1.22 bits per heavy atom. The monoisotopic (exact) mass is 606 g/mol. The van der Waals surface area contributed by atoms with E-state index in [1.807, 2.05) is 158 Å². The van der Waals surface area contributed by atoms with Gasteiger partial charge < -0.3 is 27.0 Å². The molecular weight excluding hydrogens is 572 g/mol. The molecule has 6 rings (SSSR count). The molecule has 0 aliphatic carbocycles.